The summed E-state index contributed by atoms with van der Waals surface area (Å²) >= 11 is 0. The molecule has 2 aromatic heterocycles. The summed E-state index contributed by atoms with van der Waals surface area (Å²) in [5.41, 5.74) is 1.79. The molecule has 0 saturated carbocycles. The number of hydrogen-bond acceptors (Lipinski definition) is 6. The van der Waals surface area contributed by atoms with Crippen LogP contribution in [0.3, 0.4) is 0 Å². The number of sulfonamides is 1. The second kappa shape index (κ2) is 7.99. The van der Waals surface area contributed by atoms with E-state index in [2.05, 4.69) is 25.0 Å². The molecule has 0 spiro atoms. The molecule has 0 radical (unpaired) electrons. The number of halogens is 3. The van der Waals surface area contributed by atoms with Gasteiger partial charge in [-0.25, -0.2) is 28.1 Å². The zero-order valence-corrected chi connectivity index (χ0v) is 15.0. The molecule has 144 valence electrons. The molecular weight excluding hydrogens is 373 g/mol. The quantitative estimate of drug-likeness (QED) is 0.661. The van der Waals surface area contributed by atoms with Crippen LogP contribution in [0.5, 0.6) is 0 Å². The summed E-state index contributed by atoms with van der Waals surface area (Å²) in [6, 6.07) is 1.66. The van der Waals surface area contributed by atoms with Gasteiger partial charge in [-0.2, -0.15) is 13.2 Å². The highest BCUT2D eigenvalue weighted by Gasteiger charge is 2.29. The minimum atomic E-state index is -4.51. The van der Waals surface area contributed by atoms with Crippen LogP contribution in [-0.2, 0) is 10.0 Å². The van der Waals surface area contributed by atoms with Gasteiger partial charge >= 0.3 is 6.18 Å². The van der Waals surface area contributed by atoms with Crippen molar-refractivity contribution < 1.29 is 21.6 Å². The highest BCUT2D eigenvalue weighted by Crippen LogP contribution is 2.19. The average Bonchev–Trinajstić information content (AvgIpc) is 2.89. The minimum absolute atomic E-state index is 0.0667. The van der Waals surface area contributed by atoms with Crippen LogP contribution in [0, 0.1) is 13.8 Å². The van der Waals surface area contributed by atoms with Crippen LogP contribution in [0.2, 0.25) is 0 Å². The second-order valence-electron chi connectivity index (χ2n) is 5.55. The van der Waals surface area contributed by atoms with Crippen molar-refractivity contribution in [2.75, 3.05) is 24.2 Å². The maximum absolute atomic E-state index is 12.1. The topological polar surface area (TPSA) is 102 Å². The first kappa shape index (κ1) is 20.1. The molecule has 26 heavy (non-hydrogen) atoms. The summed E-state index contributed by atoms with van der Waals surface area (Å²) in [5, 5.41) is 2.89. The van der Waals surface area contributed by atoms with Crippen molar-refractivity contribution >= 4 is 15.8 Å². The van der Waals surface area contributed by atoms with Crippen LogP contribution in [-0.4, -0.2) is 53.0 Å². The zero-order valence-electron chi connectivity index (χ0n) is 14.2. The average molecular weight is 392 g/mol. The molecular formula is C14H19F3N6O2S. The van der Waals surface area contributed by atoms with Crippen molar-refractivity contribution in [1.82, 2.24) is 24.2 Å². The van der Waals surface area contributed by atoms with Gasteiger partial charge in [0.2, 0.25) is 10.0 Å². The number of anilines is 1. The molecule has 0 amide bonds. The van der Waals surface area contributed by atoms with Crippen molar-refractivity contribution in [1.29, 1.82) is 0 Å². The van der Waals surface area contributed by atoms with Gasteiger partial charge in [-0.15, -0.1) is 0 Å². The number of alkyl halides is 3. The molecule has 2 aromatic rings. The highest BCUT2D eigenvalue weighted by atomic mass is 32.2. The first-order valence-electron chi connectivity index (χ1n) is 7.68. The number of rotatable bonds is 8. The lowest BCUT2D eigenvalue weighted by atomic mass is 10.4. The summed E-state index contributed by atoms with van der Waals surface area (Å²) in [4.78, 5) is 12.4. The van der Waals surface area contributed by atoms with Crippen LogP contribution < -0.4 is 10.0 Å². The number of nitrogens with zero attached hydrogens (tertiary/aromatic N) is 4. The Bertz CT molecular complexity index is 851. The molecule has 0 aliphatic carbocycles. The Labute approximate surface area is 148 Å². The van der Waals surface area contributed by atoms with Crippen molar-refractivity contribution in [3.8, 4) is 5.82 Å². The monoisotopic (exact) mass is 392 g/mol. The van der Waals surface area contributed by atoms with Crippen molar-refractivity contribution in [3.63, 3.8) is 0 Å². The number of aromatic nitrogens is 4. The van der Waals surface area contributed by atoms with Gasteiger partial charge in [0.05, 0.1) is 17.9 Å². The molecule has 12 heteroatoms. The van der Waals surface area contributed by atoms with Gasteiger partial charge in [0, 0.05) is 24.8 Å². The van der Waals surface area contributed by atoms with E-state index in [4.69, 9.17) is 0 Å². The van der Waals surface area contributed by atoms with E-state index in [1.807, 2.05) is 13.8 Å². The van der Waals surface area contributed by atoms with Gasteiger partial charge in [-0.1, -0.05) is 0 Å². The number of aryl methyl sites for hydroxylation is 1. The Kier molecular flexibility index (Phi) is 6.18. The summed E-state index contributed by atoms with van der Waals surface area (Å²) in [6.45, 7) is 3.86. The molecule has 0 saturated heterocycles. The van der Waals surface area contributed by atoms with E-state index in [1.165, 1.54) is 6.33 Å². The molecule has 0 fully saturated rings. The first-order valence-corrected chi connectivity index (χ1v) is 9.33. The minimum Gasteiger partial charge on any atom is -0.369 e. The molecule has 0 aromatic carbocycles. The Morgan fingerprint density at radius 2 is 1.88 bits per heavy atom. The van der Waals surface area contributed by atoms with E-state index in [0.717, 1.165) is 11.4 Å². The summed E-state index contributed by atoms with van der Waals surface area (Å²) in [6.07, 6.45) is -2.91. The van der Waals surface area contributed by atoms with E-state index >= 15 is 0 Å². The van der Waals surface area contributed by atoms with Crippen molar-refractivity contribution in [3.05, 3.63) is 30.1 Å². The van der Waals surface area contributed by atoms with Gasteiger partial charge in [0.25, 0.3) is 0 Å². The largest absolute Gasteiger partial charge is 0.390 e. The van der Waals surface area contributed by atoms with E-state index < -0.39 is 28.4 Å². The van der Waals surface area contributed by atoms with Gasteiger partial charge < -0.3 is 5.32 Å². The van der Waals surface area contributed by atoms with Crippen molar-refractivity contribution in [2.45, 2.75) is 26.4 Å². The molecule has 2 N–H and O–H groups in total. The van der Waals surface area contributed by atoms with E-state index in [1.54, 1.807) is 17.0 Å². The Morgan fingerprint density at radius 3 is 2.50 bits per heavy atom. The van der Waals surface area contributed by atoms with Crippen LogP contribution in [0.25, 0.3) is 5.82 Å². The van der Waals surface area contributed by atoms with Gasteiger partial charge in [0.15, 0.2) is 0 Å². The third-order valence-corrected chi connectivity index (χ3v) is 4.94. The predicted octanol–water partition coefficient (Wildman–Crippen LogP) is 1.56. The van der Waals surface area contributed by atoms with Crippen LogP contribution >= 0.6 is 0 Å². The standard InChI is InChI=1S/C14H19F3N6O2S/c1-10-11(2)23(9-21-10)13-7-12(19-8-20-13)18-4-5-22-26(24,25)6-3-14(15,16)17/h7-9,22H,3-6H2,1-2H3,(H,18,19,20). The lowest BCUT2D eigenvalue weighted by molar-refractivity contribution is -0.129. The van der Waals surface area contributed by atoms with E-state index in [9.17, 15) is 21.6 Å². The fraction of sp³-hybridized carbons (Fsp3) is 0.500. The lowest BCUT2D eigenvalue weighted by Crippen LogP contribution is -2.32. The smallest absolute Gasteiger partial charge is 0.369 e. The Hall–Kier alpha value is -2.21. The van der Waals surface area contributed by atoms with Gasteiger partial charge in [-0.05, 0) is 13.8 Å². The van der Waals surface area contributed by atoms with Crippen LogP contribution in [0.1, 0.15) is 17.8 Å². The fourth-order valence-corrected chi connectivity index (χ4v) is 3.08. The third-order valence-electron chi connectivity index (χ3n) is 3.56. The summed E-state index contributed by atoms with van der Waals surface area (Å²) < 4.78 is 63.1. The summed E-state index contributed by atoms with van der Waals surface area (Å²) in [7, 11) is -3.98. The maximum Gasteiger partial charge on any atom is 0.390 e. The van der Waals surface area contributed by atoms with E-state index in [-0.39, 0.29) is 13.1 Å². The Morgan fingerprint density at radius 1 is 1.15 bits per heavy atom. The van der Waals surface area contributed by atoms with Crippen molar-refractivity contribution in [2.24, 2.45) is 0 Å². The van der Waals surface area contributed by atoms with E-state index in [0.29, 0.717) is 11.6 Å². The fourth-order valence-electron chi connectivity index (χ4n) is 2.02. The molecule has 0 aliphatic rings. The van der Waals surface area contributed by atoms with Crippen LogP contribution in [0.4, 0.5) is 19.0 Å². The number of hydrogen-bond donors (Lipinski definition) is 2. The second-order valence-corrected chi connectivity index (χ2v) is 7.48. The molecule has 2 rings (SSSR count). The molecule has 0 bridgehead atoms. The van der Waals surface area contributed by atoms with Gasteiger partial charge in [0.1, 0.15) is 24.3 Å². The lowest BCUT2D eigenvalue weighted by Gasteiger charge is -2.10. The van der Waals surface area contributed by atoms with Gasteiger partial charge in [-0.3, -0.25) is 4.57 Å². The molecule has 2 heterocycles. The number of nitrogens with one attached hydrogen (secondary N) is 2. The maximum atomic E-state index is 12.1. The third kappa shape index (κ3) is 5.95. The SMILES string of the molecule is Cc1ncn(-c2cc(NCCNS(=O)(=O)CCC(F)(F)F)ncn2)c1C. The highest BCUT2D eigenvalue weighted by molar-refractivity contribution is 7.89. The predicted molar refractivity (Wildman–Crippen MR) is 89.6 cm³/mol. The first-order chi connectivity index (χ1) is 12.1. The molecule has 0 atom stereocenters. The zero-order chi connectivity index (χ0) is 19.4. The number of imidazole rings is 1. The Balaban J connectivity index is 1.87. The molecule has 0 aliphatic heterocycles. The molecule has 8 nitrogen and oxygen atoms in total. The molecule has 0 unspecified atom stereocenters. The normalized spacial score (nSPS) is 12.3. The summed E-state index contributed by atoms with van der Waals surface area (Å²) in [5.74, 6) is 0.0505. The van der Waals surface area contributed by atoms with Crippen LogP contribution in [0.15, 0.2) is 18.7 Å².